The van der Waals surface area contributed by atoms with Crippen molar-refractivity contribution in [3.8, 4) is 0 Å². The highest BCUT2D eigenvalue weighted by Gasteiger charge is 2.09. The molecule has 2 aromatic rings. The quantitative estimate of drug-likeness (QED) is 0.805. The average Bonchev–Trinajstić information content (AvgIpc) is 2.98. The summed E-state index contributed by atoms with van der Waals surface area (Å²) >= 11 is 1.76. The number of nitrogens with zero attached hydrogens (tertiary/aromatic N) is 2. The van der Waals surface area contributed by atoms with Gasteiger partial charge in [-0.05, 0) is 24.9 Å². The lowest BCUT2D eigenvalue weighted by Crippen LogP contribution is -2.17. The fourth-order valence-electron chi connectivity index (χ4n) is 1.61. The molecule has 2 heterocycles. The van der Waals surface area contributed by atoms with Crippen LogP contribution in [0, 0.1) is 0 Å². The molecule has 18 heavy (non-hydrogen) atoms. The third kappa shape index (κ3) is 3.82. The molecule has 0 aromatic carbocycles. The number of hydrogen-bond donors (Lipinski definition) is 2. The van der Waals surface area contributed by atoms with E-state index in [9.17, 15) is 0 Å². The minimum atomic E-state index is 0.274. The second-order valence-electron chi connectivity index (χ2n) is 4.11. The first kappa shape index (κ1) is 13.0. The molecule has 0 aliphatic heterocycles. The Labute approximate surface area is 111 Å². The fourth-order valence-corrected chi connectivity index (χ4v) is 2.44. The molecule has 5 nitrogen and oxygen atoms in total. The maximum atomic E-state index is 5.48. The summed E-state index contributed by atoms with van der Waals surface area (Å²) in [6, 6.07) is 4.96. The van der Waals surface area contributed by atoms with Crippen molar-refractivity contribution in [3.05, 3.63) is 28.3 Å². The summed E-state index contributed by atoms with van der Waals surface area (Å²) in [6.45, 7) is 5.65. The molecule has 1 unspecified atom stereocenters. The monoisotopic (exact) mass is 266 g/mol. The van der Waals surface area contributed by atoms with E-state index in [0.29, 0.717) is 18.5 Å². The van der Waals surface area contributed by atoms with Crippen molar-refractivity contribution >= 4 is 17.4 Å². The van der Waals surface area contributed by atoms with E-state index in [1.54, 1.807) is 11.3 Å². The molecule has 2 rings (SSSR count). The Hall–Kier alpha value is -1.40. The molecule has 0 fully saturated rings. The Kier molecular flexibility index (Phi) is 4.72. The van der Waals surface area contributed by atoms with Gasteiger partial charge in [0.15, 0.2) is 0 Å². The average molecular weight is 266 g/mol. The van der Waals surface area contributed by atoms with E-state index in [1.807, 2.05) is 6.92 Å². The van der Waals surface area contributed by atoms with Crippen LogP contribution in [0.1, 0.15) is 24.6 Å². The number of nitrogens with one attached hydrogen (secondary N) is 2. The van der Waals surface area contributed by atoms with E-state index in [4.69, 9.17) is 4.42 Å². The second-order valence-corrected chi connectivity index (χ2v) is 5.14. The highest BCUT2D eigenvalue weighted by Crippen LogP contribution is 2.14. The lowest BCUT2D eigenvalue weighted by molar-refractivity contribution is 0.477. The first-order valence-electron chi connectivity index (χ1n) is 6.10. The van der Waals surface area contributed by atoms with E-state index in [0.717, 1.165) is 13.0 Å². The third-order valence-electron chi connectivity index (χ3n) is 2.45. The van der Waals surface area contributed by atoms with E-state index in [1.165, 1.54) is 4.88 Å². The van der Waals surface area contributed by atoms with Gasteiger partial charge in [-0.1, -0.05) is 18.1 Å². The van der Waals surface area contributed by atoms with Gasteiger partial charge in [0.05, 0.1) is 6.54 Å². The van der Waals surface area contributed by atoms with E-state index in [-0.39, 0.29) is 6.04 Å². The summed E-state index contributed by atoms with van der Waals surface area (Å²) in [5, 5.41) is 16.4. The standard InChI is InChI=1S/C12H18N4OS/c1-3-13-8-11-15-16-12(17-11)14-9(2)7-10-5-4-6-18-10/h4-6,9,13H,3,7-8H2,1-2H3,(H,14,16). The topological polar surface area (TPSA) is 63.0 Å². The lowest BCUT2D eigenvalue weighted by atomic mass is 10.2. The van der Waals surface area contributed by atoms with Gasteiger partial charge in [0.1, 0.15) is 0 Å². The molecule has 0 aliphatic rings. The van der Waals surface area contributed by atoms with E-state index < -0.39 is 0 Å². The van der Waals surface area contributed by atoms with Gasteiger partial charge in [-0.15, -0.1) is 16.4 Å². The minimum absolute atomic E-state index is 0.274. The molecular formula is C12H18N4OS. The van der Waals surface area contributed by atoms with Crippen LogP contribution in [0.25, 0.3) is 0 Å². The lowest BCUT2D eigenvalue weighted by Gasteiger charge is -2.09. The van der Waals surface area contributed by atoms with Crippen LogP contribution in [-0.4, -0.2) is 22.8 Å². The minimum Gasteiger partial charge on any atom is -0.407 e. The summed E-state index contributed by atoms with van der Waals surface area (Å²) in [5.41, 5.74) is 0. The molecule has 1 atom stereocenters. The molecule has 0 bridgehead atoms. The van der Waals surface area contributed by atoms with Crippen molar-refractivity contribution in [2.45, 2.75) is 32.9 Å². The van der Waals surface area contributed by atoms with Crippen molar-refractivity contribution in [2.24, 2.45) is 0 Å². The molecule has 98 valence electrons. The number of anilines is 1. The van der Waals surface area contributed by atoms with Crippen LogP contribution in [0.15, 0.2) is 21.9 Å². The zero-order chi connectivity index (χ0) is 12.8. The maximum Gasteiger partial charge on any atom is 0.315 e. The predicted octanol–water partition coefficient (Wildman–Crippen LogP) is 2.28. The fraction of sp³-hybridized carbons (Fsp3) is 0.500. The van der Waals surface area contributed by atoms with Crippen LogP contribution in [0.4, 0.5) is 6.01 Å². The number of thiophene rings is 1. The molecule has 0 saturated carbocycles. The Balaban J connectivity index is 1.83. The number of hydrogen-bond acceptors (Lipinski definition) is 6. The molecule has 2 aromatic heterocycles. The maximum absolute atomic E-state index is 5.48. The summed E-state index contributed by atoms with van der Waals surface area (Å²) in [6.07, 6.45) is 0.961. The van der Waals surface area contributed by atoms with Gasteiger partial charge < -0.3 is 15.1 Å². The largest absolute Gasteiger partial charge is 0.407 e. The molecule has 2 N–H and O–H groups in total. The van der Waals surface area contributed by atoms with Crippen LogP contribution in [-0.2, 0) is 13.0 Å². The predicted molar refractivity (Wildman–Crippen MR) is 72.8 cm³/mol. The zero-order valence-corrected chi connectivity index (χ0v) is 11.5. The van der Waals surface area contributed by atoms with Gasteiger partial charge in [0.25, 0.3) is 0 Å². The molecule has 0 saturated heterocycles. The second kappa shape index (κ2) is 6.51. The third-order valence-corrected chi connectivity index (χ3v) is 3.35. The SMILES string of the molecule is CCNCc1nnc(NC(C)Cc2cccs2)o1. The Morgan fingerprint density at radius 2 is 2.33 bits per heavy atom. The van der Waals surface area contributed by atoms with Gasteiger partial charge in [-0.25, -0.2) is 0 Å². The Bertz CT molecular complexity index is 454. The Morgan fingerprint density at radius 3 is 3.06 bits per heavy atom. The first-order valence-corrected chi connectivity index (χ1v) is 6.98. The molecule has 6 heteroatoms. The molecule has 0 aliphatic carbocycles. The van der Waals surface area contributed by atoms with Crippen molar-refractivity contribution in [1.29, 1.82) is 0 Å². The number of aromatic nitrogens is 2. The van der Waals surface area contributed by atoms with E-state index in [2.05, 4.69) is 45.3 Å². The zero-order valence-electron chi connectivity index (χ0n) is 10.6. The summed E-state index contributed by atoms with van der Waals surface area (Å²) in [7, 11) is 0. The van der Waals surface area contributed by atoms with Crippen molar-refractivity contribution in [1.82, 2.24) is 15.5 Å². The van der Waals surface area contributed by atoms with Gasteiger partial charge in [0, 0.05) is 17.3 Å². The normalized spacial score (nSPS) is 12.6. The van der Waals surface area contributed by atoms with Crippen LogP contribution in [0.5, 0.6) is 0 Å². The van der Waals surface area contributed by atoms with Crippen LogP contribution >= 0.6 is 11.3 Å². The first-order chi connectivity index (χ1) is 8.78. The van der Waals surface area contributed by atoms with Crippen LogP contribution < -0.4 is 10.6 Å². The van der Waals surface area contributed by atoms with Crippen LogP contribution in [0.2, 0.25) is 0 Å². The highest BCUT2D eigenvalue weighted by atomic mass is 32.1. The van der Waals surface area contributed by atoms with Gasteiger partial charge in [-0.3, -0.25) is 0 Å². The molecule has 0 radical (unpaired) electrons. The smallest absolute Gasteiger partial charge is 0.315 e. The highest BCUT2D eigenvalue weighted by molar-refractivity contribution is 7.09. The van der Waals surface area contributed by atoms with Gasteiger partial charge in [-0.2, -0.15) is 0 Å². The Morgan fingerprint density at radius 1 is 1.44 bits per heavy atom. The summed E-state index contributed by atoms with van der Waals surface area (Å²) < 4.78 is 5.48. The molecule has 0 amide bonds. The number of rotatable bonds is 7. The van der Waals surface area contributed by atoms with Crippen LogP contribution in [0.3, 0.4) is 0 Å². The molecule has 0 spiro atoms. The van der Waals surface area contributed by atoms with Crippen molar-refractivity contribution < 1.29 is 4.42 Å². The summed E-state index contributed by atoms with van der Waals surface area (Å²) in [4.78, 5) is 1.35. The van der Waals surface area contributed by atoms with Gasteiger partial charge >= 0.3 is 6.01 Å². The van der Waals surface area contributed by atoms with E-state index >= 15 is 0 Å². The summed E-state index contributed by atoms with van der Waals surface area (Å²) in [5.74, 6) is 0.614. The van der Waals surface area contributed by atoms with Crippen molar-refractivity contribution in [2.75, 3.05) is 11.9 Å². The van der Waals surface area contributed by atoms with Gasteiger partial charge in [0.2, 0.25) is 5.89 Å². The van der Waals surface area contributed by atoms with Crippen molar-refractivity contribution in [3.63, 3.8) is 0 Å². The molecular weight excluding hydrogens is 248 g/mol.